The Morgan fingerprint density at radius 3 is 2.47 bits per heavy atom. The summed E-state index contributed by atoms with van der Waals surface area (Å²) in [5.41, 5.74) is 2.50. The van der Waals surface area contributed by atoms with Crippen molar-refractivity contribution in [3.8, 4) is 0 Å². The number of hydrogen-bond donors (Lipinski definition) is 1. The van der Waals surface area contributed by atoms with E-state index in [1.165, 1.54) is 6.33 Å². The summed E-state index contributed by atoms with van der Waals surface area (Å²) in [6.45, 7) is 3.46. The third-order valence-corrected chi connectivity index (χ3v) is 2.37. The molecule has 86 valence electrons. The fraction of sp³-hybridized carbons (Fsp3) is 0.154. The highest BCUT2D eigenvalue weighted by Crippen LogP contribution is 2.15. The predicted molar refractivity (Wildman–Crippen MR) is 66.5 cm³/mol. The maximum absolute atomic E-state index is 11.1. The standard InChI is InChI=1S/C13H13N3O/c1-9-7-13(15-8-14-9)16-12-5-3-11(4-6-12)10(2)17/h3-8H,1-2H3,(H,14,15,16). The van der Waals surface area contributed by atoms with Crippen LogP contribution in [0.25, 0.3) is 0 Å². The van der Waals surface area contributed by atoms with E-state index in [2.05, 4.69) is 15.3 Å². The molecule has 0 aliphatic heterocycles. The normalized spacial score (nSPS) is 10.0. The van der Waals surface area contributed by atoms with Gasteiger partial charge in [0.05, 0.1) is 0 Å². The molecule has 0 radical (unpaired) electrons. The van der Waals surface area contributed by atoms with Gasteiger partial charge in [0, 0.05) is 23.0 Å². The molecule has 0 atom stereocenters. The van der Waals surface area contributed by atoms with Crippen molar-refractivity contribution in [2.24, 2.45) is 0 Å². The second-order valence-electron chi connectivity index (χ2n) is 3.80. The number of Topliss-reactive ketones (excluding diaryl/α,β-unsaturated/α-hetero) is 1. The van der Waals surface area contributed by atoms with Crippen molar-refractivity contribution in [2.45, 2.75) is 13.8 Å². The lowest BCUT2D eigenvalue weighted by molar-refractivity contribution is 0.101. The van der Waals surface area contributed by atoms with Gasteiger partial charge in [-0.3, -0.25) is 4.79 Å². The summed E-state index contributed by atoms with van der Waals surface area (Å²) >= 11 is 0. The minimum absolute atomic E-state index is 0.0643. The first kappa shape index (κ1) is 11.3. The first-order chi connectivity index (χ1) is 8.15. The van der Waals surface area contributed by atoms with E-state index >= 15 is 0 Å². The van der Waals surface area contributed by atoms with Gasteiger partial charge in [0.15, 0.2) is 5.78 Å². The fourth-order valence-corrected chi connectivity index (χ4v) is 1.46. The van der Waals surface area contributed by atoms with E-state index in [1.54, 1.807) is 19.1 Å². The zero-order valence-corrected chi connectivity index (χ0v) is 9.77. The number of nitrogens with one attached hydrogen (secondary N) is 1. The van der Waals surface area contributed by atoms with Crippen LogP contribution in [-0.2, 0) is 0 Å². The SMILES string of the molecule is CC(=O)c1ccc(Nc2cc(C)ncn2)cc1. The summed E-state index contributed by atoms with van der Waals surface area (Å²) in [6, 6.07) is 9.15. The molecule has 0 saturated carbocycles. The van der Waals surface area contributed by atoms with Gasteiger partial charge in [-0.25, -0.2) is 9.97 Å². The van der Waals surface area contributed by atoms with Crippen molar-refractivity contribution in [3.05, 3.63) is 47.9 Å². The number of carbonyl (C=O) groups excluding carboxylic acids is 1. The predicted octanol–water partition coefficient (Wildman–Crippen LogP) is 2.73. The molecule has 0 bridgehead atoms. The number of nitrogens with zero attached hydrogens (tertiary/aromatic N) is 2. The highest BCUT2D eigenvalue weighted by atomic mass is 16.1. The van der Waals surface area contributed by atoms with Crippen LogP contribution >= 0.6 is 0 Å². The Kier molecular flexibility index (Phi) is 3.14. The number of anilines is 2. The van der Waals surface area contributed by atoms with E-state index in [4.69, 9.17) is 0 Å². The van der Waals surface area contributed by atoms with Crippen LogP contribution in [0.4, 0.5) is 11.5 Å². The van der Waals surface area contributed by atoms with Crippen molar-refractivity contribution in [1.82, 2.24) is 9.97 Å². The monoisotopic (exact) mass is 227 g/mol. The van der Waals surface area contributed by atoms with Crippen LogP contribution in [-0.4, -0.2) is 15.8 Å². The van der Waals surface area contributed by atoms with Crippen molar-refractivity contribution in [2.75, 3.05) is 5.32 Å². The molecular formula is C13H13N3O. The summed E-state index contributed by atoms with van der Waals surface area (Å²) < 4.78 is 0. The van der Waals surface area contributed by atoms with Gasteiger partial charge in [0.25, 0.3) is 0 Å². The molecule has 1 N–H and O–H groups in total. The van der Waals surface area contributed by atoms with Crippen LogP contribution < -0.4 is 5.32 Å². The molecule has 17 heavy (non-hydrogen) atoms. The van der Waals surface area contributed by atoms with Crippen molar-refractivity contribution < 1.29 is 4.79 Å². The lowest BCUT2D eigenvalue weighted by Crippen LogP contribution is -1.96. The van der Waals surface area contributed by atoms with E-state index in [0.29, 0.717) is 5.56 Å². The van der Waals surface area contributed by atoms with Crippen molar-refractivity contribution >= 4 is 17.3 Å². The average molecular weight is 227 g/mol. The van der Waals surface area contributed by atoms with Crippen molar-refractivity contribution in [1.29, 1.82) is 0 Å². The van der Waals surface area contributed by atoms with E-state index < -0.39 is 0 Å². The highest BCUT2D eigenvalue weighted by molar-refractivity contribution is 5.94. The second-order valence-corrected chi connectivity index (χ2v) is 3.80. The Labute approximate surface area is 99.7 Å². The van der Waals surface area contributed by atoms with Crippen LogP contribution in [0.1, 0.15) is 23.0 Å². The van der Waals surface area contributed by atoms with E-state index in [1.807, 2.05) is 25.1 Å². The summed E-state index contributed by atoms with van der Waals surface area (Å²) in [4.78, 5) is 19.2. The quantitative estimate of drug-likeness (QED) is 0.819. The molecule has 1 aromatic heterocycles. The fourth-order valence-electron chi connectivity index (χ4n) is 1.46. The summed E-state index contributed by atoms with van der Waals surface area (Å²) in [6.07, 6.45) is 1.52. The molecule has 0 unspecified atom stereocenters. The number of carbonyl (C=O) groups is 1. The van der Waals surface area contributed by atoms with Gasteiger partial charge < -0.3 is 5.32 Å². The van der Waals surface area contributed by atoms with Crippen LogP contribution in [0.3, 0.4) is 0 Å². The number of hydrogen-bond acceptors (Lipinski definition) is 4. The topological polar surface area (TPSA) is 54.9 Å². The van der Waals surface area contributed by atoms with Crippen LogP contribution in [0, 0.1) is 6.92 Å². The molecule has 2 rings (SSSR count). The molecule has 0 amide bonds. The number of rotatable bonds is 3. The molecule has 0 aliphatic rings. The average Bonchev–Trinajstić information content (AvgIpc) is 2.29. The van der Waals surface area contributed by atoms with Gasteiger partial charge in [0.2, 0.25) is 0 Å². The lowest BCUT2D eigenvalue weighted by Gasteiger charge is -2.06. The first-order valence-corrected chi connectivity index (χ1v) is 5.32. The van der Waals surface area contributed by atoms with Gasteiger partial charge >= 0.3 is 0 Å². The molecule has 0 spiro atoms. The molecule has 4 heteroatoms. The smallest absolute Gasteiger partial charge is 0.159 e. The molecule has 0 aliphatic carbocycles. The van der Waals surface area contributed by atoms with E-state index in [9.17, 15) is 4.79 Å². The third-order valence-electron chi connectivity index (χ3n) is 2.37. The molecule has 2 aromatic rings. The Hall–Kier alpha value is -2.23. The number of aryl methyl sites for hydroxylation is 1. The van der Waals surface area contributed by atoms with Gasteiger partial charge in [-0.15, -0.1) is 0 Å². The van der Waals surface area contributed by atoms with Gasteiger partial charge in [-0.2, -0.15) is 0 Å². The number of ketones is 1. The van der Waals surface area contributed by atoms with Crippen LogP contribution in [0.15, 0.2) is 36.7 Å². The van der Waals surface area contributed by atoms with E-state index in [0.717, 1.165) is 17.2 Å². The number of aromatic nitrogens is 2. The minimum Gasteiger partial charge on any atom is -0.340 e. The summed E-state index contributed by atoms with van der Waals surface area (Å²) in [5, 5.41) is 3.15. The Morgan fingerprint density at radius 2 is 1.88 bits per heavy atom. The molecule has 4 nitrogen and oxygen atoms in total. The molecule has 0 saturated heterocycles. The van der Waals surface area contributed by atoms with Gasteiger partial charge in [0.1, 0.15) is 12.1 Å². The highest BCUT2D eigenvalue weighted by Gasteiger charge is 2.00. The Balaban J connectivity index is 2.16. The van der Waals surface area contributed by atoms with Crippen LogP contribution in [0.5, 0.6) is 0 Å². The van der Waals surface area contributed by atoms with Crippen molar-refractivity contribution in [3.63, 3.8) is 0 Å². The summed E-state index contributed by atoms with van der Waals surface area (Å²) in [5.74, 6) is 0.808. The first-order valence-electron chi connectivity index (χ1n) is 5.32. The van der Waals surface area contributed by atoms with Gasteiger partial charge in [-0.05, 0) is 38.1 Å². The number of benzene rings is 1. The Bertz CT molecular complexity index is 535. The molecule has 1 aromatic carbocycles. The van der Waals surface area contributed by atoms with E-state index in [-0.39, 0.29) is 5.78 Å². The third kappa shape index (κ3) is 2.87. The molecule has 0 fully saturated rings. The van der Waals surface area contributed by atoms with Gasteiger partial charge in [-0.1, -0.05) is 0 Å². The summed E-state index contributed by atoms with van der Waals surface area (Å²) in [7, 11) is 0. The Morgan fingerprint density at radius 1 is 1.18 bits per heavy atom. The largest absolute Gasteiger partial charge is 0.340 e. The molecule has 1 heterocycles. The second kappa shape index (κ2) is 4.74. The maximum Gasteiger partial charge on any atom is 0.159 e. The maximum atomic E-state index is 11.1. The zero-order chi connectivity index (χ0) is 12.3. The minimum atomic E-state index is 0.0643. The lowest BCUT2D eigenvalue weighted by atomic mass is 10.1. The zero-order valence-electron chi connectivity index (χ0n) is 9.77. The molecular weight excluding hydrogens is 214 g/mol. The van der Waals surface area contributed by atoms with Crippen LogP contribution in [0.2, 0.25) is 0 Å².